The molecule has 0 saturated heterocycles. The highest BCUT2D eigenvalue weighted by Crippen LogP contribution is 2.32. The normalized spacial score (nSPS) is 12.3. The van der Waals surface area contributed by atoms with E-state index in [1.165, 1.54) is 0 Å². The molecule has 5 heteroatoms. The zero-order valence-corrected chi connectivity index (χ0v) is 15.5. The largest absolute Gasteiger partial charge is 0.378 e. The number of aromatic nitrogens is 2. The Morgan fingerprint density at radius 3 is 2.56 bits per heavy atom. The molecule has 4 rings (SSSR count). The van der Waals surface area contributed by atoms with Crippen molar-refractivity contribution in [3.05, 3.63) is 82.0 Å². The van der Waals surface area contributed by atoms with Gasteiger partial charge in [-0.05, 0) is 44.0 Å². The zero-order chi connectivity index (χ0) is 19.0. The van der Waals surface area contributed by atoms with Crippen molar-refractivity contribution in [2.45, 2.75) is 26.8 Å². The van der Waals surface area contributed by atoms with Crippen molar-refractivity contribution < 1.29 is 4.52 Å². The summed E-state index contributed by atoms with van der Waals surface area (Å²) in [5.74, 6) is 0.781. The molecule has 0 bridgehead atoms. The van der Waals surface area contributed by atoms with Crippen LogP contribution >= 0.6 is 0 Å². The van der Waals surface area contributed by atoms with Gasteiger partial charge in [0, 0.05) is 28.7 Å². The lowest BCUT2D eigenvalue weighted by Crippen LogP contribution is -2.11. The number of nitrogens with one attached hydrogen (secondary N) is 2. The summed E-state index contributed by atoms with van der Waals surface area (Å²) in [6.45, 7) is 5.92. The van der Waals surface area contributed by atoms with E-state index in [0.717, 1.165) is 44.7 Å². The van der Waals surface area contributed by atoms with Crippen molar-refractivity contribution in [2.75, 3.05) is 5.32 Å². The topological polar surface area (TPSA) is 70.9 Å². The third-order valence-electron chi connectivity index (χ3n) is 4.84. The van der Waals surface area contributed by atoms with Gasteiger partial charge >= 0.3 is 0 Å². The second kappa shape index (κ2) is 6.76. The van der Waals surface area contributed by atoms with E-state index >= 15 is 0 Å². The monoisotopic (exact) mass is 359 g/mol. The van der Waals surface area contributed by atoms with Crippen molar-refractivity contribution in [3.8, 4) is 11.1 Å². The first kappa shape index (κ1) is 17.1. The van der Waals surface area contributed by atoms with Crippen LogP contribution in [0.1, 0.15) is 30.0 Å². The van der Waals surface area contributed by atoms with Crippen LogP contribution in [-0.4, -0.2) is 10.1 Å². The van der Waals surface area contributed by atoms with E-state index in [1.54, 1.807) is 6.07 Å². The summed E-state index contributed by atoms with van der Waals surface area (Å²) in [6, 6.07) is 17.8. The van der Waals surface area contributed by atoms with E-state index in [0.29, 0.717) is 0 Å². The van der Waals surface area contributed by atoms with Crippen molar-refractivity contribution in [3.63, 3.8) is 0 Å². The van der Waals surface area contributed by atoms with Crippen LogP contribution in [0.15, 0.2) is 63.9 Å². The first-order chi connectivity index (χ1) is 13.0. The van der Waals surface area contributed by atoms with E-state index in [-0.39, 0.29) is 11.6 Å². The van der Waals surface area contributed by atoms with E-state index in [9.17, 15) is 4.79 Å². The molecular weight excluding hydrogens is 338 g/mol. The smallest absolute Gasteiger partial charge is 0.250 e. The third kappa shape index (κ3) is 3.24. The predicted molar refractivity (Wildman–Crippen MR) is 108 cm³/mol. The average Bonchev–Trinajstić information content (AvgIpc) is 3.00. The highest BCUT2D eigenvalue weighted by atomic mass is 16.5. The first-order valence-corrected chi connectivity index (χ1v) is 8.95. The van der Waals surface area contributed by atoms with Crippen LogP contribution in [0, 0.1) is 13.8 Å². The van der Waals surface area contributed by atoms with Gasteiger partial charge in [-0.25, -0.2) is 0 Å². The fraction of sp³-hybridized carbons (Fsp3) is 0.182. The molecule has 0 aliphatic carbocycles. The Hall–Kier alpha value is -3.34. The Morgan fingerprint density at radius 2 is 1.85 bits per heavy atom. The van der Waals surface area contributed by atoms with Gasteiger partial charge in [-0.3, -0.25) is 4.79 Å². The number of fused-ring (bicyclic) bond motifs is 1. The van der Waals surface area contributed by atoms with Gasteiger partial charge in [-0.1, -0.05) is 41.6 Å². The fourth-order valence-electron chi connectivity index (χ4n) is 3.48. The van der Waals surface area contributed by atoms with Gasteiger partial charge in [0.1, 0.15) is 5.76 Å². The molecule has 0 radical (unpaired) electrons. The van der Waals surface area contributed by atoms with Crippen LogP contribution in [-0.2, 0) is 0 Å². The minimum Gasteiger partial charge on any atom is -0.378 e. The molecule has 0 saturated carbocycles. The lowest BCUT2D eigenvalue weighted by molar-refractivity contribution is 0.393. The van der Waals surface area contributed by atoms with E-state index in [2.05, 4.69) is 40.6 Å². The Labute approximate surface area is 157 Å². The number of H-pyrrole nitrogens is 1. The van der Waals surface area contributed by atoms with Crippen LogP contribution in [0.3, 0.4) is 0 Å². The number of hydrogen-bond donors (Lipinski definition) is 2. The quantitative estimate of drug-likeness (QED) is 0.539. The number of aromatic amines is 1. The molecule has 0 amide bonds. The number of nitrogens with zero attached hydrogens (tertiary/aromatic N) is 1. The summed E-state index contributed by atoms with van der Waals surface area (Å²) in [6.07, 6.45) is 0. The Kier molecular flexibility index (Phi) is 4.28. The fourth-order valence-corrected chi connectivity index (χ4v) is 3.48. The number of hydrogen-bond acceptors (Lipinski definition) is 4. The van der Waals surface area contributed by atoms with Crippen LogP contribution < -0.4 is 10.9 Å². The summed E-state index contributed by atoms with van der Waals surface area (Å²) in [7, 11) is 0. The molecule has 1 atom stereocenters. The second-order valence-corrected chi connectivity index (χ2v) is 6.78. The van der Waals surface area contributed by atoms with Gasteiger partial charge < -0.3 is 14.8 Å². The Balaban J connectivity index is 1.82. The summed E-state index contributed by atoms with van der Waals surface area (Å²) < 4.78 is 5.31. The maximum absolute atomic E-state index is 12.1. The lowest BCUT2D eigenvalue weighted by atomic mass is 10.0. The molecule has 2 heterocycles. The minimum absolute atomic E-state index is 0.0684. The molecule has 27 heavy (non-hydrogen) atoms. The molecule has 5 nitrogen and oxygen atoms in total. The molecule has 0 fully saturated rings. The van der Waals surface area contributed by atoms with Gasteiger partial charge in [0.05, 0.1) is 11.2 Å². The molecular formula is C22H21N3O2. The Bertz CT molecular complexity index is 1140. The number of benzene rings is 2. The highest BCUT2D eigenvalue weighted by Gasteiger charge is 2.14. The predicted octanol–water partition coefficient (Wildman–Crippen LogP) is 4.97. The van der Waals surface area contributed by atoms with E-state index in [4.69, 9.17) is 4.52 Å². The average molecular weight is 359 g/mol. The number of rotatable bonds is 4. The molecule has 136 valence electrons. The molecule has 0 aliphatic heterocycles. The van der Waals surface area contributed by atoms with E-state index < -0.39 is 0 Å². The maximum Gasteiger partial charge on any atom is 0.250 e. The number of aryl methyl sites for hydroxylation is 2. The summed E-state index contributed by atoms with van der Waals surface area (Å²) in [5, 5.41) is 8.49. The van der Waals surface area contributed by atoms with Crippen molar-refractivity contribution >= 4 is 16.6 Å². The van der Waals surface area contributed by atoms with Crippen LogP contribution in [0.5, 0.6) is 0 Å². The van der Waals surface area contributed by atoms with Gasteiger partial charge in [-0.2, -0.15) is 0 Å². The molecule has 0 unspecified atom stereocenters. The van der Waals surface area contributed by atoms with Crippen molar-refractivity contribution in [2.24, 2.45) is 0 Å². The summed E-state index contributed by atoms with van der Waals surface area (Å²) in [4.78, 5) is 15.0. The standard InChI is InChI=1S/C22H21N3O2/c1-13(16-7-5-4-6-8-16)23-20-12-21(26)24-19-10-9-17(11-18(19)20)22-14(2)25-27-15(22)3/h4-13H,1-3H3,(H2,23,24,26)/t13-/m1/s1. The van der Waals surface area contributed by atoms with Gasteiger partial charge in [0.25, 0.3) is 0 Å². The summed E-state index contributed by atoms with van der Waals surface area (Å²) in [5.41, 5.74) is 5.48. The van der Waals surface area contributed by atoms with Crippen LogP contribution in [0.25, 0.3) is 22.0 Å². The third-order valence-corrected chi connectivity index (χ3v) is 4.84. The van der Waals surface area contributed by atoms with E-state index in [1.807, 2.05) is 44.2 Å². The molecule has 4 aromatic rings. The molecule has 2 N–H and O–H groups in total. The minimum atomic E-state index is -0.129. The molecule has 2 aromatic carbocycles. The molecule has 2 aromatic heterocycles. The molecule has 0 aliphatic rings. The zero-order valence-electron chi connectivity index (χ0n) is 15.5. The van der Waals surface area contributed by atoms with Crippen LogP contribution in [0.2, 0.25) is 0 Å². The number of pyridine rings is 1. The van der Waals surface area contributed by atoms with Crippen molar-refractivity contribution in [1.29, 1.82) is 0 Å². The second-order valence-electron chi connectivity index (χ2n) is 6.78. The Morgan fingerprint density at radius 1 is 1.07 bits per heavy atom. The summed E-state index contributed by atoms with van der Waals surface area (Å²) >= 11 is 0. The first-order valence-electron chi connectivity index (χ1n) is 8.95. The van der Waals surface area contributed by atoms with Gasteiger partial charge in [-0.15, -0.1) is 0 Å². The lowest BCUT2D eigenvalue weighted by Gasteiger charge is -2.17. The van der Waals surface area contributed by atoms with Gasteiger partial charge in [0.15, 0.2) is 0 Å². The highest BCUT2D eigenvalue weighted by molar-refractivity contribution is 5.94. The maximum atomic E-state index is 12.1. The van der Waals surface area contributed by atoms with Crippen LogP contribution in [0.4, 0.5) is 5.69 Å². The molecule has 0 spiro atoms. The number of anilines is 1. The SMILES string of the molecule is Cc1noc(C)c1-c1ccc2[nH]c(=O)cc(N[C@H](C)c3ccccc3)c2c1. The van der Waals surface area contributed by atoms with Gasteiger partial charge in [0.2, 0.25) is 5.56 Å². The van der Waals surface area contributed by atoms with Crippen molar-refractivity contribution in [1.82, 2.24) is 10.1 Å².